The summed E-state index contributed by atoms with van der Waals surface area (Å²) in [6.45, 7) is 5.44. The maximum Gasteiger partial charge on any atom is 0.239 e. The van der Waals surface area contributed by atoms with Gasteiger partial charge in [0.05, 0.1) is 12.7 Å². The van der Waals surface area contributed by atoms with Crippen molar-refractivity contribution in [1.29, 1.82) is 0 Å². The Morgan fingerprint density at radius 1 is 1.06 bits per heavy atom. The summed E-state index contributed by atoms with van der Waals surface area (Å²) in [5.74, 6) is 1.13. The average molecular weight is 449 g/mol. The van der Waals surface area contributed by atoms with Crippen LogP contribution in [0.5, 0.6) is 11.6 Å². The number of rotatable bonds is 8. The molecule has 5 atom stereocenters. The zero-order valence-corrected chi connectivity index (χ0v) is 18.6. The van der Waals surface area contributed by atoms with Crippen LogP contribution in [0.25, 0.3) is 0 Å². The summed E-state index contributed by atoms with van der Waals surface area (Å²) < 4.78 is 19.1. The summed E-state index contributed by atoms with van der Waals surface area (Å²) >= 11 is 0. The molecule has 0 unspecified atom stereocenters. The summed E-state index contributed by atoms with van der Waals surface area (Å²) in [6.07, 6.45) is -3.70. The Morgan fingerprint density at radius 3 is 2.34 bits per heavy atom. The van der Waals surface area contributed by atoms with E-state index in [4.69, 9.17) is 14.2 Å². The van der Waals surface area contributed by atoms with Gasteiger partial charge in [0, 0.05) is 23.7 Å². The van der Waals surface area contributed by atoms with E-state index in [0.717, 1.165) is 35.4 Å². The van der Waals surface area contributed by atoms with Gasteiger partial charge in [0.25, 0.3) is 0 Å². The molecule has 32 heavy (non-hydrogen) atoms. The number of hydrogen-bond acceptors (Lipinski definition) is 8. The SMILES string of the molecule is Cc1c(Cc2ccc(OC3CC3)cc2)c(O[C@@H]2O[C@H](CO)[C@@H](O)[C@H](O)[C@H]2O)nn1C(C)C. The van der Waals surface area contributed by atoms with Gasteiger partial charge in [-0.1, -0.05) is 12.1 Å². The minimum atomic E-state index is -1.51. The highest BCUT2D eigenvalue weighted by atomic mass is 16.7. The molecule has 9 heteroatoms. The zero-order chi connectivity index (χ0) is 23.0. The molecular weight excluding hydrogens is 416 g/mol. The lowest BCUT2D eigenvalue weighted by molar-refractivity contribution is -0.278. The topological polar surface area (TPSA) is 126 Å². The van der Waals surface area contributed by atoms with Crippen molar-refractivity contribution in [3.8, 4) is 11.6 Å². The van der Waals surface area contributed by atoms with Crippen LogP contribution in [0.3, 0.4) is 0 Å². The minimum Gasteiger partial charge on any atom is -0.490 e. The second kappa shape index (κ2) is 9.36. The van der Waals surface area contributed by atoms with Gasteiger partial charge < -0.3 is 34.6 Å². The van der Waals surface area contributed by atoms with Gasteiger partial charge in [-0.05, 0) is 51.3 Å². The van der Waals surface area contributed by atoms with E-state index in [2.05, 4.69) is 5.10 Å². The molecule has 0 amide bonds. The van der Waals surface area contributed by atoms with Crippen molar-refractivity contribution < 1.29 is 34.6 Å². The molecule has 176 valence electrons. The zero-order valence-electron chi connectivity index (χ0n) is 18.6. The van der Waals surface area contributed by atoms with Crippen molar-refractivity contribution in [2.45, 2.75) is 82.9 Å². The number of aliphatic hydroxyl groups excluding tert-OH is 4. The van der Waals surface area contributed by atoms with Crippen LogP contribution < -0.4 is 9.47 Å². The number of benzene rings is 1. The fourth-order valence-corrected chi connectivity index (χ4v) is 3.87. The van der Waals surface area contributed by atoms with Crippen molar-refractivity contribution in [3.63, 3.8) is 0 Å². The first-order chi connectivity index (χ1) is 15.3. The van der Waals surface area contributed by atoms with Crippen LogP contribution >= 0.6 is 0 Å². The summed E-state index contributed by atoms with van der Waals surface area (Å²) in [5.41, 5.74) is 2.78. The number of aromatic nitrogens is 2. The lowest BCUT2D eigenvalue weighted by atomic mass is 9.99. The van der Waals surface area contributed by atoms with E-state index >= 15 is 0 Å². The van der Waals surface area contributed by atoms with Gasteiger partial charge in [0.15, 0.2) is 0 Å². The second-order valence-electron chi connectivity index (χ2n) is 8.86. The number of hydrogen-bond donors (Lipinski definition) is 4. The fraction of sp³-hybridized carbons (Fsp3) is 0.609. The van der Waals surface area contributed by atoms with Crippen molar-refractivity contribution in [1.82, 2.24) is 9.78 Å². The van der Waals surface area contributed by atoms with E-state index in [9.17, 15) is 20.4 Å². The molecule has 9 nitrogen and oxygen atoms in total. The smallest absolute Gasteiger partial charge is 0.239 e. The molecule has 1 aliphatic heterocycles. The van der Waals surface area contributed by atoms with Crippen LogP contribution in [0.2, 0.25) is 0 Å². The number of ether oxygens (including phenoxy) is 3. The van der Waals surface area contributed by atoms with E-state index in [-0.39, 0.29) is 11.9 Å². The summed E-state index contributed by atoms with van der Waals surface area (Å²) in [6, 6.07) is 7.99. The first kappa shape index (κ1) is 23.0. The van der Waals surface area contributed by atoms with Crippen molar-refractivity contribution >= 4 is 0 Å². The Morgan fingerprint density at radius 2 is 1.75 bits per heavy atom. The third-order valence-corrected chi connectivity index (χ3v) is 5.93. The molecule has 2 aromatic rings. The van der Waals surface area contributed by atoms with Gasteiger partial charge in [-0.2, -0.15) is 0 Å². The summed E-state index contributed by atoms with van der Waals surface area (Å²) in [7, 11) is 0. The van der Waals surface area contributed by atoms with Crippen LogP contribution in [0.15, 0.2) is 24.3 Å². The third-order valence-electron chi connectivity index (χ3n) is 5.93. The Balaban J connectivity index is 1.57. The highest BCUT2D eigenvalue weighted by Crippen LogP contribution is 2.31. The van der Waals surface area contributed by atoms with Crippen molar-refractivity contribution in [2.24, 2.45) is 0 Å². The lowest BCUT2D eigenvalue weighted by Crippen LogP contribution is -2.60. The van der Waals surface area contributed by atoms with Gasteiger partial charge in [-0.25, -0.2) is 0 Å². The van der Waals surface area contributed by atoms with E-state index in [0.29, 0.717) is 12.5 Å². The van der Waals surface area contributed by atoms with E-state index in [1.54, 1.807) is 0 Å². The Hall–Kier alpha value is -2.17. The van der Waals surface area contributed by atoms with Crippen LogP contribution in [0, 0.1) is 6.92 Å². The number of nitrogens with zero attached hydrogens (tertiary/aromatic N) is 2. The molecule has 1 aliphatic carbocycles. The Labute approximate surface area is 187 Å². The number of aliphatic hydroxyl groups is 4. The average Bonchev–Trinajstić information content (AvgIpc) is 3.54. The third kappa shape index (κ3) is 4.77. The molecule has 1 saturated heterocycles. The van der Waals surface area contributed by atoms with Crippen molar-refractivity contribution in [3.05, 3.63) is 41.1 Å². The van der Waals surface area contributed by atoms with Gasteiger partial charge >= 0.3 is 0 Å². The van der Waals surface area contributed by atoms with E-state index < -0.39 is 37.3 Å². The van der Waals surface area contributed by atoms with E-state index in [1.165, 1.54) is 0 Å². The Bertz CT molecular complexity index is 908. The summed E-state index contributed by atoms with van der Waals surface area (Å²) in [4.78, 5) is 0. The highest BCUT2D eigenvalue weighted by molar-refractivity contribution is 5.38. The fourth-order valence-electron chi connectivity index (χ4n) is 3.87. The molecule has 2 fully saturated rings. The summed E-state index contributed by atoms with van der Waals surface area (Å²) in [5, 5.41) is 44.5. The minimum absolute atomic E-state index is 0.0789. The standard InChI is InChI=1S/C23H32N2O7/c1-12(2)25-13(3)17(10-14-4-6-15(7-5-14)30-16-8-9-16)22(24-25)32-23-21(29)20(28)19(27)18(11-26)31-23/h4-7,12,16,18-21,23,26-29H,8-11H2,1-3H3/t18-,19-,20+,21-,23+/m1/s1. The molecule has 4 N–H and O–H groups in total. The monoisotopic (exact) mass is 448 g/mol. The van der Waals surface area contributed by atoms with E-state index in [1.807, 2.05) is 49.7 Å². The molecule has 1 aromatic heterocycles. The molecule has 2 aliphatic rings. The van der Waals surface area contributed by atoms with Crippen LogP contribution in [0.4, 0.5) is 0 Å². The predicted molar refractivity (Wildman–Crippen MR) is 115 cm³/mol. The van der Waals surface area contributed by atoms with Gasteiger partial charge in [-0.3, -0.25) is 4.68 Å². The molecule has 0 spiro atoms. The van der Waals surface area contributed by atoms with Crippen molar-refractivity contribution in [2.75, 3.05) is 6.61 Å². The molecule has 1 aromatic carbocycles. The van der Waals surface area contributed by atoms with Gasteiger partial charge in [0.2, 0.25) is 12.2 Å². The Kier molecular flexibility index (Phi) is 6.73. The molecule has 0 bridgehead atoms. The van der Waals surface area contributed by atoms with Crippen LogP contribution in [-0.4, -0.2) is 73.6 Å². The lowest BCUT2D eigenvalue weighted by Gasteiger charge is -2.39. The first-order valence-electron chi connectivity index (χ1n) is 11.1. The van der Waals surface area contributed by atoms with Crippen LogP contribution in [0.1, 0.15) is 49.6 Å². The van der Waals surface area contributed by atoms with Crippen LogP contribution in [-0.2, 0) is 11.2 Å². The molecular formula is C23H32N2O7. The highest BCUT2D eigenvalue weighted by Gasteiger charge is 2.45. The largest absolute Gasteiger partial charge is 0.490 e. The molecule has 4 rings (SSSR count). The van der Waals surface area contributed by atoms with Gasteiger partial charge in [-0.15, -0.1) is 5.10 Å². The quantitative estimate of drug-likeness (QED) is 0.473. The molecule has 0 radical (unpaired) electrons. The normalized spacial score (nSPS) is 28.2. The molecule has 1 saturated carbocycles. The van der Waals surface area contributed by atoms with Gasteiger partial charge in [0.1, 0.15) is 30.2 Å². The predicted octanol–water partition coefficient (Wildman–Crippen LogP) is 1.08. The maximum atomic E-state index is 10.4. The maximum absolute atomic E-state index is 10.4. The second-order valence-corrected chi connectivity index (χ2v) is 8.86. The first-order valence-corrected chi connectivity index (χ1v) is 11.1. The molecule has 2 heterocycles.